The van der Waals surface area contributed by atoms with Crippen LogP contribution in [0.5, 0.6) is 0 Å². The Balaban J connectivity index is 2.17. The van der Waals surface area contributed by atoms with Crippen LogP contribution in [0.3, 0.4) is 0 Å². The quantitative estimate of drug-likeness (QED) is 0.630. The SMILES string of the molecule is CCCCC1C=CC=NN1. The van der Waals surface area contributed by atoms with Crippen LogP contribution in [0.25, 0.3) is 0 Å². The first-order valence-electron chi connectivity index (χ1n) is 3.89. The summed E-state index contributed by atoms with van der Waals surface area (Å²) in [5.41, 5.74) is 3.04. The van der Waals surface area contributed by atoms with Crippen LogP contribution in [0.15, 0.2) is 17.3 Å². The van der Waals surface area contributed by atoms with Crippen molar-refractivity contribution in [3.8, 4) is 0 Å². The van der Waals surface area contributed by atoms with Crippen LogP contribution in [-0.2, 0) is 0 Å². The molecule has 1 rings (SSSR count). The molecule has 2 heteroatoms. The van der Waals surface area contributed by atoms with Gasteiger partial charge in [0.25, 0.3) is 0 Å². The van der Waals surface area contributed by atoms with Gasteiger partial charge in [0.2, 0.25) is 0 Å². The molecule has 0 aromatic heterocycles. The van der Waals surface area contributed by atoms with E-state index in [4.69, 9.17) is 0 Å². The molecule has 0 amide bonds. The van der Waals surface area contributed by atoms with Gasteiger partial charge in [-0.2, -0.15) is 5.10 Å². The third kappa shape index (κ3) is 2.21. The Hall–Kier alpha value is -0.790. The van der Waals surface area contributed by atoms with Crippen LogP contribution in [-0.4, -0.2) is 12.3 Å². The van der Waals surface area contributed by atoms with Crippen LogP contribution < -0.4 is 5.43 Å². The first-order chi connectivity index (χ1) is 4.93. The molecule has 0 spiro atoms. The Kier molecular flexibility index (Phi) is 3.00. The maximum Gasteiger partial charge on any atom is 0.0623 e. The van der Waals surface area contributed by atoms with Gasteiger partial charge in [0.1, 0.15) is 0 Å². The van der Waals surface area contributed by atoms with Crippen molar-refractivity contribution in [1.82, 2.24) is 5.43 Å². The van der Waals surface area contributed by atoms with E-state index < -0.39 is 0 Å². The third-order valence-electron chi connectivity index (χ3n) is 1.61. The van der Waals surface area contributed by atoms with E-state index in [2.05, 4.69) is 23.5 Å². The fraction of sp³-hybridized carbons (Fsp3) is 0.625. The van der Waals surface area contributed by atoms with E-state index in [-0.39, 0.29) is 0 Å². The first-order valence-corrected chi connectivity index (χ1v) is 3.89. The zero-order valence-electron chi connectivity index (χ0n) is 6.38. The lowest BCUT2D eigenvalue weighted by Gasteiger charge is -2.13. The Morgan fingerprint density at radius 2 is 2.50 bits per heavy atom. The van der Waals surface area contributed by atoms with Gasteiger partial charge in [0, 0.05) is 6.21 Å². The maximum absolute atomic E-state index is 3.95. The largest absolute Gasteiger partial charge is 0.303 e. The molecule has 1 heterocycles. The summed E-state index contributed by atoms with van der Waals surface area (Å²) in [6.07, 6.45) is 9.67. The zero-order valence-corrected chi connectivity index (χ0v) is 6.38. The van der Waals surface area contributed by atoms with Gasteiger partial charge in [-0.25, -0.2) is 0 Å². The van der Waals surface area contributed by atoms with Crippen molar-refractivity contribution < 1.29 is 0 Å². The fourth-order valence-corrected chi connectivity index (χ4v) is 0.993. The van der Waals surface area contributed by atoms with Crippen LogP contribution >= 0.6 is 0 Å². The van der Waals surface area contributed by atoms with Crippen molar-refractivity contribution >= 4 is 6.21 Å². The molecule has 10 heavy (non-hydrogen) atoms. The van der Waals surface area contributed by atoms with Gasteiger partial charge in [-0.05, 0) is 12.5 Å². The van der Waals surface area contributed by atoms with E-state index >= 15 is 0 Å². The van der Waals surface area contributed by atoms with E-state index in [1.54, 1.807) is 6.21 Å². The molecule has 1 aliphatic rings. The second kappa shape index (κ2) is 4.09. The van der Waals surface area contributed by atoms with E-state index in [0.29, 0.717) is 6.04 Å². The van der Waals surface area contributed by atoms with Gasteiger partial charge in [-0.1, -0.05) is 25.8 Å². The minimum Gasteiger partial charge on any atom is -0.303 e. The molecule has 0 aliphatic carbocycles. The highest BCUT2D eigenvalue weighted by Gasteiger charge is 2.02. The smallest absolute Gasteiger partial charge is 0.0623 e. The lowest BCUT2D eigenvalue weighted by molar-refractivity contribution is 0.549. The second-order valence-corrected chi connectivity index (χ2v) is 2.54. The molecule has 56 valence electrons. The summed E-state index contributed by atoms with van der Waals surface area (Å²) >= 11 is 0. The van der Waals surface area contributed by atoms with Gasteiger partial charge in [-0.15, -0.1) is 0 Å². The summed E-state index contributed by atoms with van der Waals surface area (Å²) in [4.78, 5) is 0. The Morgan fingerprint density at radius 3 is 3.10 bits per heavy atom. The molecule has 1 N–H and O–H groups in total. The summed E-state index contributed by atoms with van der Waals surface area (Å²) in [6.45, 7) is 2.20. The van der Waals surface area contributed by atoms with Crippen molar-refractivity contribution in [3.05, 3.63) is 12.2 Å². The van der Waals surface area contributed by atoms with Crippen molar-refractivity contribution in [2.24, 2.45) is 5.10 Å². The number of hydrogen-bond donors (Lipinski definition) is 1. The second-order valence-electron chi connectivity index (χ2n) is 2.54. The molecule has 1 aliphatic heterocycles. The highest BCUT2D eigenvalue weighted by Crippen LogP contribution is 2.02. The summed E-state index contributed by atoms with van der Waals surface area (Å²) in [5, 5.41) is 3.95. The highest BCUT2D eigenvalue weighted by molar-refractivity contribution is 5.71. The molecule has 0 saturated heterocycles. The number of allylic oxidation sites excluding steroid dienone is 1. The zero-order chi connectivity index (χ0) is 7.23. The van der Waals surface area contributed by atoms with Crippen LogP contribution in [0.4, 0.5) is 0 Å². The highest BCUT2D eigenvalue weighted by atomic mass is 15.3. The van der Waals surface area contributed by atoms with E-state index in [9.17, 15) is 0 Å². The molecule has 1 unspecified atom stereocenters. The van der Waals surface area contributed by atoms with Crippen LogP contribution in [0.2, 0.25) is 0 Å². The minimum atomic E-state index is 0.477. The number of nitrogens with zero attached hydrogens (tertiary/aromatic N) is 1. The molecule has 1 atom stereocenters. The van der Waals surface area contributed by atoms with E-state index in [1.807, 2.05) is 6.08 Å². The molecule has 2 nitrogen and oxygen atoms in total. The topological polar surface area (TPSA) is 24.4 Å². The van der Waals surface area contributed by atoms with E-state index in [1.165, 1.54) is 19.3 Å². The summed E-state index contributed by atoms with van der Waals surface area (Å²) in [7, 11) is 0. The molecular weight excluding hydrogens is 124 g/mol. The molecule has 0 fully saturated rings. The predicted molar refractivity (Wildman–Crippen MR) is 44.1 cm³/mol. The molecular formula is C8H14N2. The van der Waals surface area contributed by atoms with Gasteiger partial charge in [0.05, 0.1) is 6.04 Å². The molecule has 0 bridgehead atoms. The van der Waals surface area contributed by atoms with Crippen molar-refractivity contribution in [2.75, 3.05) is 0 Å². The molecule has 0 aromatic rings. The number of rotatable bonds is 3. The molecule has 0 saturated carbocycles. The average molecular weight is 138 g/mol. The molecule has 0 aromatic carbocycles. The van der Waals surface area contributed by atoms with Gasteiger partial charge in [-0.3, -0.25) is 0 Å². The van der Waals surface area contributed by atoms with Crippen molar-refractivity contribution in [3.63, 3.8) is 0 Å². The number of unbranched alkanes of at least 4 members (excludes halogenated alkanes) is 1. The van der Waals surface area contributed by atoms with Crippen molar-refractivity contribution in [1.29, 1.82) is 0 Å². The van der Waals surface area contributed by atoms with E-state index in [0.717, 1.165) is 0 Å². The van der Waals surface area contributed by atoms with Gasteiger partial charge < -0.3 is 5.43 Å². The standard InChI is InChI=1S/C8H14N2/c1-2-3-5-8-6-4-7-9-10-8/h4,6-8,10H,2-3,5H2,1H3. The lowest BCUT2D eigenvalue weighted by atomic mass is 10.1. The summed E-state index contributed by atoms with van der Waals surface area (Å²) in [5.74, 6) is 0. The average Bonchev–Trinajstić information content (AvgIpc) is 2.03. The van der Waals surface area contributed by atoms with Crippen LogP contribution in [0.1, 0.15) is 26.2 Å². The number of hydrazone groups is 1. The normalized spacial score (nSPS) is 22.7. The summed E-state index contributed by atoms with van der Waals surface area (Å²) in [6, 6.07) is 0.477. The third-order valence-corrected chi connectivity index (χ3v) is 1.61. The summed E-state index contributed by atoms with van der Waals surface area (Å²) < 4.78 is 0. The van der Waals surface area contributed by atoms with Gasteiger partial charge in [0.15, 0.2) is 0 Å². The monoisotopic (exact) mass is 138 g/mol. The first kappa shape index (κ1) is 7.32. The number of hydrogen-bond acceptors (Lipinski definition) is 2. The lowest BCUT2D eigenvalue weighted by Crippen LogP contribution is -2.23. The fourth-order valence-electron chi connectivity index (χ4n) is 0.993. The Labute approximate surface area is 62.0 Å². The number of nitrogens with one attached hydrogen (secondary N) is 1. The van der Waals surface area contributed by atoms with Crippen LogP contribution in [0, 0.1) is 0 Å². The Morgan fingerprint density at radius 1 is 1.60 bits per heavy atom. The Bertz CT molecular complexity index is 138. The predicted octanol–water partition coefficient (Wildman–Crippen LogP) is 1.69. The van der Waals surface area contributed by atoms with Crippen molar-refractivity contribution in [2.45, 2.75) is 32.2 Å². The van der Waals surface area contributed by atoms with Gasteiger partial charge >= 0.3 is 0 Å². The maximum atomic E-state index is 3.95. The molecule has 0 radical (unpaired) electrons. The minimum absolute atomic E-state index is 0.477.